The molecule has 1 heterocycles. The molecule has 3 nitrogen and oxygen atoms in total. The molecule has 0 aliphatic heterocycles. The van der Waals surface area contributed by atoms with Crippen LogP contribution in [0.4, 0.5) is 0 Å². The fraction of sp³-hybridized carbons (Fsp3) is 0.455. The molecule has 4 heteroatoms. The van der Waals surface area contributed by atoms with Crippen LogP contribution in [0.25, 0.3) is 0 Å². The topological polar surface area (TPSA) is 34.5 Å². The van der Waals surface area contributed by atoms with Gasteiger partial charge in [-0.2, -0.15) is 0 Å². The van der Waals surface area contributed by atoms with Crippen LogP contribution in [0.1, 0.15) is 26.5 Å². The number of ether oxygens (including phenoxy) is 1. The van der Waals surface area contributed by atoms with Crippen LogP contribution in [0, 0.1) is 0 Å². The highest BCUT2D eigenvalue weighted by Gasteiger charge is 2.08. The van der Waals surface area contributed by atoms with Crippen LogP contribution >= 0.6 is 11.9 Å². The largest absolute Gasteiger partial charge is 0.481 e. The number of rotatable bonds is 3. The van der Waals surface area contributed by atoms with Crippen molar-refractivity contribution >= 4 is 18.2 Å². The van der Waals surface area contributed by atoms with Gasteiger partial charge in [-0.15, -0.1) is 0 Å². The van der Waals surface area contributed by atoms with Gasteiger partial charge in [0.05, 0.1) is 19.0 Å². The van der Waals surface area contributed by atoms with Gasteiger partial charge >= 0.3 is 0 Å². The van der Waals surface area contributed by atoms with E-state index in [0.29, 0.717) is 5.88 Å². The Labute approximate surface area is 95.1 Å². The van der Waals surface area contributed by atoms with E-state index >= 15 is 0 Å². The highest BCUT2D eigenvalue weighted by Crippen LogP contribution is 2.23. The maximum absolute atomic E-state index is 5.02. The second-order valence-corrected chi connectivity index (χ2v) is 5.66. The third-order valence-corrected chi connectivity index (χ3v) is 2.22. The average Bonchev–Trinajstić information content (AvgIpc) is 2.16. The monoisotopic (exact) mass is 224 g/mol. The molecule has 0 aliphatic carbocycles. The average molecular weight is 224 g/mol. The zero-order valence-corrected chi connectivity index (χ0v) is 10.3. The van der Waals surface area contributed by atoms with E-state index in [1.807, 2.05) is 18.2 Å². The normalized spacial score (nSPS) is 12.0. The number of nitrogens with zero attached hydrogens (tertiary/aromatic N) is 2. The predicted octanol–water partition coefficient (Wildman–Crippen LogP) is 2.96. The maximum Gasteiger partial charge on any atom is 0.213 e. The Morgan fingerprint density at radius 1 is 1.40 bits per heavy atom. The molecule has 1 aromatic heterocycles. The van der Waals surface area contributed by atoms with Crippen molar-refractivity contribution in [3.05, 3.63) is 23.9 Å². The summed E-state index contributed by atoms with van der Waals surface area (Å²) in [5, 5.41) is 0. The van der Waals surface area contributed by atoms with Gasteiger partial charge in [-0.1, -0.05) is 6.07 Å². The van der Waals surface area contributed by atoms with Gasteiger partial charge in [0.2, 0.25) is 5.88 Å². The molecular formula is C11H16N2OS. The fourth-order valence-corrected chi connectivity index (χ4v) is 1.33. The quantitative estimate of drug-likeness (QED) is 0.585. The molecule has 0 aliphatic rings. The molecule has 1 aromatic rings. The minimum absolute atomic E-state index is 0.134. The molecule has 0 N–H and O–H groups in total. The Kier molecular flexibility index (Phi) is 4.15. The number of methoxy groups -OCH3 is 1. The lowest BCUT2D eigenvalue weighted by atomic mass is 10.3. The highest BCUT2D eigenvalue weighted by molar-refractivity contribution is 7.99. The van der Waals surface area contributed by atoms with E-state index in [2.05, 4.69) is 30.2 Å². The molecule has 1 rings (SSSR count). The summed E-state index contributed by atoms with van der Waals surface area (Å²) in [6.07, 6.45) is 1.75. The number of hydrogen-bond acceptors (Lipinski definition) is 4. The molecule has 0 bridgehead atoms. The standard InChI is InChI=1S/C11H16N2OS/c1-11(2,3)15-12-8-9-6-5-7-10(13-9)14-4/h5-8H,1-4H3. The molecule has 15 heavy (non-hydrogen) atoms. The molecule has 0 unspecified atom stereocenters. The minimum Gasteiger partial charge on any atom is -0.481 e. The van der Waals surface area contributed by atoms with Crippen molar-refractivity contribution in [1.29, 1.82) is 0 Å². The van der Waals surface area contributed by atoms with Gasteiger partial charge in [-0.3, -0.25) is 0 Å². The summed E-state index contributed by atoms with van der Waals surface area (Å²) in [6.45, 7) is 6.36. The lowest BCUT2D eigenvalue weighted by Gasteiger charge is -2.11. The van der Waals surface area contributed by atoms with Crippen LogP contribution in [0.2, 0.25) is 0 Å². The van der Waals surface area contributed by atoms with Gasteiger partial charge < -0.3 is 4.74 Å². The summed E-state index contributed by atoms with van der Waals surface area (Å²) in [6, 6.07) is 5.61. The molecule has 0 saturated carbocycles. The highest BCUT2D eigenvalue weighted by atomic mass is 32.2. The van der Waals surface area contributed by atoms with E-state index in [9.17, 15) is 0 Å². The van der Waals surface area contributed by atoms with E-state index in [4.69, 9.17) is 4.74 Å². The van der Waals surface area contributed by atoms with Crippen molar-refractivity contribution in [2.75, 3.05) is 7.11 Å². The Hall–Kier alpha value is -1.03. The molecule has 0 aromatic carbocycles. The van der Waals surface area contributed by atoms with Crippen LogP contribution in [0.5, 0.6) is 5.88 Å². The molecular weight excluding hydrogens is 208 g/mol. The molecule has 0 atom stereocenters. The van der Waals surface area contributed by atoms with Gasteiger partial charge in [0.15, 0.2) is 0 Å². The first-order chi connectivity index (χ1) is 7.01. The van der Waals surface area contributed by atoms with Crippen molar-refractivity contribution in [3.63, 3.8) is 0 Å². The van der Waals surface area contributed by atoms with Crippen LogP contribution in [-0.2, 0) is 0 Å². The van der Waals surface area contributed by atoms with Crippen LogP contribution in [0.15, 0.2) is 22.6 Å². The van der Waals surface area contributed by atoms with Crippen molar-refractivity contribution in [2.45, 2.75) is 25.5 Å². The zero-order chi connectivity index (χ0) is 11.3. The Balaban J connectivity index is 2.64. The SMILES string of the molecule is COc1cccc(C=NSC(C)(C)C)n1. The molecule has 0 radical (unpaired) electrons. The summed E-state index contributed by atoms with van der Waals surface area (Å²) in [5.41, 5.74) is 0.811. The Bertz CT molecular complexity index is 345. The van der Waals surface area contributed by atoms with Gasteiger partial charge in [0, 0.05) is 10.8 Å². The van der Waals surface area contributed by atoms with E-state index in [-0.39, 0.29) is 4.75 Å². The second kappa shape index (κ2) is 5.16. The number of hydrogen-bond donors (Lipinski definition) is 0. The first-order valence-electron chi connectivity index (χ1n) is 4.74. The van der Waals surface area contributed by atoms with E-state index in [1.165, 1.54) is 11.9 Å². The first-order valence-corrected chi connectivity index (χ1v) is 5.51. The van der Waals surface area contributed by atoms with Crippen LogP contribution < -0.4 is 4.74 Å². The Morgan fingerprint density at radius 2 is 2.13 bits per heavy atom. The van der Waals surface area contributed by atoms with Crippen LogP contribution in [-0.4, -0.2) is 23.1 Å². The fourth-order valence-electron chi connectivity index (χ4n) is 0.855. The van der Waals surface area contributed by atoms with E-state index < -0.39 is 0 Å². The summed E-state index contributed by atoms with van der Waals surface area (Å²) < 4.78 is 9.42. The van der Waals surface area contributed by atoms with Crippen molar-refractivity contribution in [3.8, 4) is 5.88 Å². The van der Waals surface area contributed by atoms with E-state index in [1.54, 1.807) is 13.3 Å². The van der Waals surface area contributed by atoms with Gasteiger partial charge in [-0.25, -0.2) is 9.38 Å². The second-order valence-electron chi connectivity index (χ2n) is 4.04. The maximum atomic E-state index is 5.02. The summed E-state index contributed by atoms with van der Waals surface area (Å²) >= 11 is 1.53. The third-order valence-electron chi connectivity index (χ3n) is 1.47. The van der Waals surface area contributed by atoms with Crippen LogP contribution in [0.3, 0.4) is 0 Å². The predicted molar refractivity (Wildman–Crippen MR) is 65.7 cm³/mol. The minimum atomic E-state index is 0.134. The molecule has 0 spiro atoms. The Morgan fingerprint density at radius 3 is 2.73 bits per heavy atom. The van der Waals surface area contributed by atoms with Crippen molar-refractivity contribution in [2.24, 2.45) is 4.40 Å². The van der Waals surface area contributed by atoms with Gasteiger partial charge in [0.25, 0.3) is 0 Å². The van der Waals surface area contributed by atoms with Gasteiger partial charge in [0.1, 0.15) is 0 Å². The van der Waals surface area contributed by atoms with E-state index in [0.717, 1.165) is 5.69 Å². The zero-order valence-electron chi connectivity index (χ0n) is 9.52. The number of pyridine rings is 1. The molecule has 0 fully saturated rings. The molecule has 82 valence electrons. The molecule has 0 saturated heterocycles. The summed E-state index contributed by atoms with van der Waals surface area (Å²) in [7, 11) is 1.60. The number of aromatic nitrogens is 1. The van der Waals surface area contributed by atoms with Crippen molar-refractivity contribution in [1.82, 2.24) is 4.98 Å². The van der Waals surface area contributed by atoms with Crippen molar-refractivity contribution < 1.29 is 4.74 Å². The van der Waals surface area contributed by atoms with Gasteiger partial charge in [-0.05, 0) is 38.8 Å². The lowest BCUT2D eigenvalue weighted by molar-refractivity contribution is 0.397. The summed E-state index contributed by atoms with van der Waals surface area (Å²) in [4.78, 5) is 4.23. The smallest absolute Gasteiger partial charge is 0.213 e. The summed E-state index contributed by atoms with van der Waals surface area (Å²) in [5.74, 6) is 0.611. The first kappa shape index (κ1) is 12.0. The molecule has 0 amide bonds. The third kappa shape index (κ3) is 4.83. The lowest BCUT2D eigenvalue weighted by Crippen LogP contribution is -2.05.